The summed E-state index contributed by atoms with van der Waals surface area (Å²) in [7, 11) is 0. The summed E-state index contributed by atoms with van der Waals surface area (Å²) < 4.78 is 11.2. The van der Waals surface area contributed by atoms with Crippen molar-refractivity contribution in [2.45, 2.75) is 44.2 Å². The molecule has 1 aromatic rings. The summed E-state index contributed by atoms with van der Waals surface area (Å²) in [6, 6.07) is 4.62. The van der Waals surface area contributed by atoms with Crippen molar-refractivity contribution in [3.05, 3.63) is 22.7 Å². The first-order valence-electron chi connectivity index (χ1n) is 7.83. The number of ether oxygens (including phenoxy) is 2. The molecule has 0 spiro atoms. The van der Waals surface area contributed by atoms with E-state index in [0.717, 1.165) is 11.3 Å². The van der Waals surface area contributed by atoms with E-state index in [1.807, 2.05) is 12.1 Å². The van der Waals surface area contributed by atoms with Gasteiger partial charge in [-0.15, -0.1) is 0 Å². The van der Waals surface area contributed by atoms with Gasteiger partial charge in [0.05, 0.1) is 5.02 Å². The number of halogens is 1. The van der Waals surface area contributed by atoms with Crippen molar-refractivity contribution in [2.75, 3.05) is 19.8 Å². The van der Waals surface area contributed by atoms with Crippen LogP contribution in [0.1, 0.15) is 43.7 Å². The Morgan fingerprint density at radius 3 is 2.71 bits per heavy atom. The Hall–Kier alpha value is -0.970. The maximum atomic E-state index is 6.32. The Morgan fingerprint density at radius 1 is 1.19 bits per heavy atom. The van der Waals surface area contributed by atoms with Gasteiger partial charge in [-0.05, 0) is 30.5 Å². The smallest absolute Gasteiger partial charge is 0.179 e. The molecule has 0 saturated heterocycles. The molecule has 0 bridgehead atoms. The molecule has 2 aliphatic rings. The molecule has 3 N–H and O–H groups in total. The van der Waals surface area contributed by atoms with Crippen LogP contribution in [0.3, 0.4) is 0 Å². The average molecular weight is 311 g/mol. The highest BCUT2D eigenvalue weighted by molar-refractivity contribution is 6.32. The van der Waals surface area contributed by atoms with Crippen molar-refractivity contribution in [3.8, 4) is 11.5 Å². The molecule has 0 radical (unpaired) electrons. The van der Waals surface area contributed by atoms with Crippen molar-refractivity contribution in [3.63, 3.8) is 0 Å². The predicted octanol–water partition coefficient (Wildman–Crippen LogP) is 3.03. The SMILES string of the molecule is NCC(NC1CCCCC1)c1cc(Cl)c2c(c1)OCCO2. The average Bonchev–Trinajstić information content (AvgIpc) is 2.53. The number of hydrogen-bond acceptors (Lipinski definition) is 4. The lowest BCUT2D eigenvalue weighted by Crippen LogP contribution is -2.38. The molecule has 1 unspecified atom stereocenters. The van der Waals surface area contributed by atoms with Gasteiger partial charge in [-0.3, -0.25) is 0 Å². The number of rotatable bonds is 4. The molecule has 1 heterocycles. The maximum Gasteiger partial charge on any atom is 0.179 e. The third-order valence-electron chi connectivity index (χ3n) is 4.30. The van der Waals surface area contributed by atoms with Gasteiger partial charge in [-0.25, -0.2) is 0 Å². The minimum atomic E-state index is 0.112. The molecule has 1 aliphatic carbocycles. The van der Waals surface area contributed by atoms with Gasteiger partial charge in [0, 0.05) is 18.6 Å². The fraction of sp³-hybridized carbons (Fsp3) is 0.625. The minimum absolute atomic E-state index is 0.112. The molecule has 21 heavy (non-hydrogen) atoms. The standard InChI is InChI=1S/C16H23ClN2O2/c17-13-8-11(9-15-16(13)21-7-6-20-15)14(10-18)19-12-4-2-1-3-5-12/h8-9,12,14,19H,1-7,10,18H2. The van der Waals surface area contributed by atoms with E-state index in [2.05, 4.69) is 5.32 Å². The van der Waals surface area contributed by atoms with Crippen LogP contribution in [0.15, 0.2) is 12.1 Å². The second-order valence-corrected chi connectivity index (χ2v) is 6.22. The van der Waals surface area contributed by atoms with E-state index >= 15 is 0 Å². The number of nitrogens with two attached hydrogens (primary N) is 1. The third kappa shape index (κ3) is 3.44. The molecule has 1 aromatic carbocycles. The maximum absolute atomic E-state index is 6.32. The highest BCUT2D eigenvalue weighted by Crippen LogP contribution is 2.39. The summed E-state index contributed by atoms with van der Waals surface area (Å²) in [5.41, 5.74) is 7.05. The summed E-state index contributed by atoms with van der Waals surface area (Å²) in [5.74, 6) is 1.38. The molecule has 116 valence electrons. The lowest BCUT2D eigenvalue weighted by molar-refractivity contribution is 0.171. The predicted molar refractivity (Wildman–Crippen MR) is 84.2 cm³/mol. The zero-order valence-electron chi connectivity index (χ0n) is 12.2. The number of nitrogens with one attached hydrogen (secondary N) is 1. The second kappa shape index (κ2) is 6.86. The van der Waals surface area contributed by atoms with Gasteiger partial charge in [0.25, 0.3) is 0 Å². The molecular weight excluding hydrogens is 288 g/mol. The van der Waals surface area contributed by atoms with E-state index in [-0.39, 0.29) is 6.04 Å². The van der Waals surface area contributed by atoms with Crippen LogP contribution in [0.2, 0.25) is 5.02 Å². The molecule has 1 atom stereocenters. The first-order valence-corrected chi connectivity index (χ1v) is 8.21. The van der Waals surface area contributed by atoms with Gasteiger partial charge in [-0.1, -0.05) is 30.9 Å². The van der Waals surface area contributed by atoms with Gasteiger partial charge in [-0.2, -0.15) is 0 Å². The van der Waals surface area contributed by atoms with E-state index in [1.165, 1.54) is 32.1 Å². The topological polar surface area (TPSA) is 56.5 Å². The van der Waals surface area contributed by atoms with Gasteiger partial charge in [0.15, 0.2) is 11.5 Å². The Kier molecular flexibility index (Phi) is 4.88. The summed E-state index contributed by atoms with van der Waals surface area (Å²) in [4.78, 5) is 0. The Morgan fingerprint density at radius 2 is 1.95 bits per heavy atom. The molecule has 5 heteroatoms. The van der Waals surface area contributed by atoms with Crippen molar-refractivity contribution in [1.29, 1.82) is 0 Å². The largest absolute Gasteiger partial charge is 0.486 e. The van der Waals surface area contributed by atoms with Crippen LogP contribution in [0.25, 0.3) is 0 Å². The van der Waals surface area contributed by atoms with Crippen LogP contribution < -0.4 is 20.5 Å². The fourth-order valence-corrected chi connectivity index (χ4v) is 3.46. The summed E-state index contributed by atoms with van der Waals surface area (Å²) >= 11 is 6.32. The minimum Gasteiger partial charge on any atom is -0.486 e. The van der Waals surface area contributed by atoms with Crippen LogP contribution in [0.5, 0.6) is 11.5 Å². The highest BCUT2D eigenvalue weighted by Gasteiger charge is 2.22. The van der Waals surface area contributed by atoms with Crippen LogP contribution in [0.4, 0.5) is 0 Å². The molecule has 3 rings (SSSR count). The number of fused-ring (bicyclic) bond motifs is 1. The molecule has 1 saturated carbocycles. The molecule has 1 aliphatic heterocycles. The van der Waals surface area contributed by atoms with E-state index in [0.29, 0.717) is 36.6 Å². The number of benzene rings is 1. The van der Waals surface area contributed by atoms with Crippen molar-refractivity contribution < 1.29 is 9.47 Å². The lowest BCUT2D eigenvalue weighted by atomic mass is 9.94. The van der Waals surface area contributed by atoms with E-state index in [1.54, 1.807) is 0 Å². The van der Waals surface area contributed by atoms with Gasteiger partial charge in [0.2, 0.25) is 0 Å². The van der Waals surface area contributed by atoms with E-state index in [9.17, 15) is 0 Å². The van der Waals surface area contributed by atoms with Gasteiger partial charge >= 0.3 is 0 Å². The number of hydrogen-bond donors (Lipinski definition) is 2. The van der Waals surface area contributed by atoms with Crippen LogP contribution in [-0.2, 0) is 0 Å². The van der Waals surface area contributed by atoms with Gasteiger partial charge in [0.1, 0.15) is 13.2 Å². The molecule has 0 aromatic heterocycles. The van der Waals surface area contributed by atoms with Crippen molar-refractivity contribution >= 4 is 11.6 Å². The van der Waals surface area contributed by atoms with Crippen molar-refractivity contribution in [1.82, 2.24) is 5.32 Å². The normalized spacial score (nSPS) is 20.3. The lowest BCUT2D eigenvalue weighted by Gasteiger charge is -2.29. The van der Waals surface area contributed by atoms with E-state index in [4.69, 9.17) is 26.8 Å². The zero-order valence-corrected chi connectivity index (χ0v) is 13.0. The Labute approximate surface area is 130 Å². The molecule has 1 fully saturated rings. The molecule has 4 nitrogen and oxygen atoms in total. The first kappa shape index (κ1) is 14.9. The van der Waals surface area contributed by atoms with E-state index < -0.39 is 0 Å². The summed E-state index contributed by atoms with van der Waals surface area (Å²) in [6.45, 7) is 1.66. The first-order chi connectivity index (χ1) is 10.3. The van der Waals surface area contributed by atoms with Crippen LogP contribution in [0, 0.1) is 0 Å². The van der Waals surface area contributed by atoms with Crippen LogP contribution in [-0.4, -0.2) is 25.8 Å². The Bertz CT molecular complexity index is 489. The fourth-order valence-electron chi connectivity index (χ4n) is 3.19. The Balaban J connectivity index is 1.78. The van der Waals surface area contributed by atoms with Crippen molar-refractivity contribution in [2.24, 2.45) is 5.73 Å². The summed E-state index contributed by atoms with van der Waals surface area (Å²) in [6.07, 6.45) is 6.42. The second-order valence-electron chi connectivity index (χ2n) is 5.82. The molecule has 0 amide bonds. The van der Waals surface area contributed by atoms with Gasteiger partial charge < -0.3 is 20.5 Å². The monoisotopic (exact) mass is 310 g/mol. The van der Waals surface area contributed by atoms with Crippen LogP contribution >= 0.6 is 11.6 Å². The third-order valence-corrected chi connectivity index (χ3v) is 4.58. The highest BCUT2D eigenvalue weighted by atomic mass is 35.5. The quantitative estimate of drug-likeness (QED) is 0.897. The molecular formula is C16H23ClN2O2. The summed E-state index contributed by atoms with van der Waals surface area (Å²) in [5, 5.41) is 4.28. The zero-order chi connectivity index (χ0) is 14.7.